The lowest BCUT2D eigenvalue weighted by Crippen LogP contribution is -2.41. The second-order valence-corrected chi connectivity index (χ2v) is 4.56. The van der Waals surface area contributed by atoms with Crippen LogP contribution in [0.25, 0.3) is 0 Å². The van der Waals surface area contributed by atoms with Crippen molar-refractivity contribution in [3.8, 4) is 0 Å². The summed E-state index contributed by atoms with van der Waals surface area (Å²) in [5, 5.41) is 2.09. The highest BCUT2D eigenvalue weighted by molar-refractivity contribution is 7.17. The number of alkyl halides is 2. The first-order valence-electron chi connectivity index (χ1n) is 4.06. The summed E-state index contributed by atoms with van der Waals surface area (Å²) in [4.78, 5) is 11.6. The zero-order chi connectivity index (χ0) is 11.5. The van der Waals surface area contributed by atoms with Crippen molar-refractivity contribution in [3.05, 3.63) is 21.3 Å². The Bertz CT molecular complexity index is 360. The van der Waals surface area contributed by atoms with E-state index in [9.17, 15) is 13.6 Å². The third-order valence-corrected chi connectivity index (χ3v) is 2.83. The van der Waals surface area contributed by atoms with Crippen molar-refractivity contribution < 1.29 is 13.6 Å². The molecule has 0 spiro atoms. The molecule has 8 heteroatoms. The first-order chi connectivity index (χ1) is 6.94. The van der Waals surface area contributed by atoms with Gasteiger partial charge in [-0.2, -0.15) is 0 Å². The molecule has 1 rings (SSSR count). The van der Waals surface area contributed by atoms with E-state index in [4.69, 9.17) is 17.3 Å². The van der Waals surface area contributed by atoms with E-state index in [1.165, 1.54) is 12.1 Å². The van der Waals surface area contributed by atoms with Gasteiger partial charge in [-0.05, 0) is 12.1 Å². The normalized spacial score (nSPS) is 10.8. The zero-order valence-electron chi connectivity index (χ0n) is 8.00. The van der Waals surface area contributed by atoms with Gasteiger partial charge < -0.3 is 11.1 Å². The molecule has 0 saturated heterocycles. The summed E-state index contributed by atoms with van der Waals surface area (Å²) in [6.07, 6.45) is 0. The van der Waals surface area contributed by atoms with Gasteiger partial charge in [0.1, 0.15) is 0 Å². The van der Waals surface area contributed by atoms with Gasteiger partial charge in [-0.25, -0.2) is 8.78 Å². The molecule has 0 aliphatic rings. The van der Waals surface area contributed by atoms with Crippen LogP contribution in [-0.4, -0.2) is 24.9 Å². The summed E-state index contributed by atoms with van der Waals surface area (Å²) in [6.45, 7) is -1.56. The maximum atomic E-state index is 12.7. The van der Waals surface area contributed by atoms with Crippen LogP contribution in [0, 0.1) is 0 Å². The Morgan fingerprint density at radius 1 is 1.56 bits per heavy atom. The first kappa shape index (κ1) is 15.6. The van der Waals surface area contributed by atoms with Crippen LogP contribution in [0.5, 0.6) is 0 Å². The summed E-state index contributed by atoms with van der Waals surface area (Å²) in [5.41, 5.74) is 4.82. The minimum atomic E-state index is -3.07. The topological polar surface area (TPSA) is 55.1 Å². The van der Waals surface area contributed by atoms with Crippen LogP contribution in [0.1, 0.15) is 9.67 Å². The molecule has 1 amide bonds. The number of halogens is 4. The van der Waals surface area contributed by atoms with Crippen LogP contribution < -0.4 is 11.1 Å². The lowest BCUT2D eigenvalue weighted by atomic mass is 10.3. The molecule has 16 heavy (non-hydrogen) atoms. The molecule has 3 N–H and O–H groups in total. The van der Waals surface area contributed by atoms with Gasteiger partial charge in [0.05, 0.1) is 22.3 Å². The molecule has 0 unspecified atom stereocenters. The van der Waals surface area contributed by atoms with Crippen LogP contribution in [0.2, 0.25) is 4.34 Å². The minimum Gasteiger partial charge on any atom is -0.345 e. The van der Waals surface area contributed by atoms with E-state index in [2.05, 4.69) is 5.32 Å². The number of nitrogens with two attached hydrogens (primary N) is 1. The highest BCUT2D eigenvalue weighted by atomic mass is 35.5. The average molecular weight is 291 g/mol. The van der Waals surface area contributed by atoms with Gasteiger partial charge in [-0.1, -0.05) is 11.6 Å². The summed E-state index contributed by atoms with van der Waals surface area (Å²) in [7, 11) is 0. The summed E-state index contributed by atoms with van der Waals surface area (Å²) >= 11 is 6.62. The lowest BCUT2D eigenvalue weighted by Gasteiger charge is -2.13. The third kappa shape index (κ3) is 4.61. The highest BCUT2D eigenvalue weighted by Gasteiger charge is 2.27. The van der Waals surface area contributed by atoms with Gasteiger partial charge in [0.2, 0.25) is 0 Å². The molecular formula is C8H10Cl2F2N2OS. The highest BCUT2D eigenvalue weighted by Crippen LogP contribution is 2.21. The van der Waals surface area contributed by atoms with E-state index in [0.717, 1.165) is 11.3 Å². The van der Waals surface area contributed by atoms with Crippen molar-refractivity contribution in [2.75, 3.05) is 13.1 Å². The monoisotopic (exact) mass is 290 g/mol. The molecule has 0 atom stereocenters. The predicted molar refractivity (Wildman–Crippen MR) is 62.9 cm³/mol. The number of nitrogens with one attached hydrogen (secondary N) is 1. The molecule has 0 bridgehead atoms. The van der Waals surface area contributed by atoms with Gasteiger partial charge in [0, 0.05) is 0 Å². The van der Waals surface area contributed by atoms with Gasteiger partial charge in [0.25, 0.3) is 11.8 Å². The molecule has 92 valence electrons. The molecule has 0 aliphatic heterocycles. The van der Waals surface area contributed by atoms with Crippen LogP contribution in [-0.2, 0) is 0 Å². The largest absolute Gasteiger partial charge is 0.345 e. The number of hydrogen-bond acceptors (Lipinski definition) is 3. The number of hydrogen-bond donors (Lipinski definition) is 2. The summed E-state index contributed by atoms with van der Waals surface area (Å²) in [6, 6.07) is 3.01. The minimum absolute atomic E-state index is 0. The fraction of sp³-hybridized carbons (Fsp3) is 0.375. The maximum Gasteiger partial charge on any atom is 0.277 e. The molecule has 0 aromatic carbocycles. The maximum absolute atomic E-state index is 12.7. The SMILES string of the molecule is Cl.NCC(F)(F)CNC(=O)c1ccc(Cl)s1. The molecule has 1 aromatic rings. The summed E-state index contributed by atoms with van der Waals surface area (Å²) < 4.78 is 25.8. The predicted octanol–water partition coefficient (Wildman–Crippen LogP) is 2.15. The van der Waals surface area contributed by atoms with Crippen molar-refractivity contribution in [1.82, 2.24) is 5.32 Å². The Morgan fingerprint density at radius 3 is 2.62 bits per heavy atom. The van der Waals surface area contributed by atoms with Crippen molar-refractivity contribution in [2.24, 2.45) is 5.73 Å². The van der Waals surface area contributed by atoms with Crippen LogP contribution in [0.3, 0.4) is 0 Å². The van der Waals surface area contributed by atoms with Crippen molar-refractivity contribution in [2.45, 2.75) is 5.92 Å². The Kier molecular flexibility index (Phi) is 6.17. The zero-order valence-corrected chi connectivity index (χ0v) is 10.4. The van der Waals surface area contributed by atoms with Crippen molar-refractivity contribution in [1.29, 1.82) is 0 Å². The van der Waals surface area contributed by atoms with Crippen LogP contribution in [0.15, 0.2) is 12.1 Å². The lowest BCUT2D eigenvalue weighted by molar-refractivity contribution is 0.0119. The van der Waals surface area contributed by atoms with Gasteiger partial charge in [-0.3, -0.25) is 4.79 Å². The van der Waals surface area contributed by atoms with E-state index in [1.807, 2.05) is 0 Å². The van der Waals surface area contributed by atoms with Gasteiger partial charge >= 0.3 is 0 Å². The number of thiophene rings is 1. The van der Waals surface area contributed by atoms with Crippen LogP contribution in [0.4, 0.5) is 8.78 Å². The number of carbonyl (C=O) groups excluding carboxylic acids is 1. The molecule has 0 aliphatic carbocycles. The number of carbonyl (C=O) groups is 1. The molecule has 1 heterocycles. The Morgan fingerprint density at radius 2 is 2.19 bits per heavy atom. The van der Waals surface area contributed by atoms with E-state index in [1.54, 1.807) is 0 Å². The molecule has 3 nitrogen and oxygen atoms in total. The first-order valence-corrected chi connectivity index (χ1v) is 5.25. The van der Waals surface area contributed by atoms with Gasteiger partial charge in [0.15, 0.2) is 0 Å². The van der Waals surface area contributed by atoms with E-state index < -0.39 is 24.9 Å². The molecule has 0 radical (unpaired) electrons. The van der Waals surface area contributed by atoms with E-state index in [0.29, 0.717) is 9.21 Å². The smallest absolute Gasteiger partial charge is 0.277 e. The Balaban J connectivity index is 0.00000225. The second kappa shape index (κ2) is 6.34. The summed E-state index contributed by atoms with van der Waals surface area (Å²) in [5.74, 6) is -3.64. The second-order valence-electron chi connectivity index (χ2n) is 2.85. The Labute approximate surface area is 106 Å². The molecular weight excluding hydrogens is 281 g/mol. The average Bonchev–Trinajstić information content (AvgIpc) is 2.61. The quantitative estimate of drug-likeness (QED) is 0.893. The fourth-order valence-electron chi connectivity index (χ4n) is 0.805. The molecule has 1 aromatic heterocycles. The Hall–Kier alpha value is -0.430. The van der Waals surface area contributed by atoms with Crippen molar-refractivity contribution >= 4 is 41.3 Å². The van der Waals surface area contributed by atoms with Crippen LogP contribution >= 0.6 is 35.3 Å². The standard InChI is InChI=1S/C8H9ClF2N2OS.ClH/c9-6-2-1-5(15-6)7(14)13-4-8(10,11)3-12;/h1-2H,3-4,12H2,(H,13,14);1H. The third-order valence-electron chi connectivity index (χ3n) is 1.60. The fourth-order valence-corrected chi connectivity index (χ4v) is 1.76. The van der Waals surface area contributed by atoms with E-state index in [-0.39, 0.29) is 12.4 Å². The van der Waals surface area contributed by atoms with E-state index >= 15 is 0 Å². The van der Waals surface area contributed by atoms with Crippen molar-refractivity contribution in [3.63, 3.8) is 0 Å². The number of amides is 1. The number of rotatable bonds is 4. The molecule has 0 saturated carbocycles. The molecule has 0 fully saturated rings. The van der Waals surface area contributed by atoms with Gasteiger partial charge in [-0.15, -0.1) is 23.7 Å².